The van der Waals surface area contributed by atoms with E-state index < -0.39 is 6.10 Å². The molecule has 3 aromatic rings. The number of aliphatic hydroxyl groups excluding tert-OH is 1. The number of carbonyl (C=O) groups excluding carboxylic acids is 1. The Morgan fingerprint density at radius 2 is 2.04 bits per heavy atom. The van der Waals surface area contributed by atoms with Gasteiger partial charge in [-0.25, -0.2) is 0 Å². The van der Waals surface area contributed by atoms with Gasteiger partial charge in [-0.05, 0) is 36.6 Å². The highest BCUT2D eigenvalue weighted by atomic mass is 16.3. The molecule has 0 bridgehead atoms. The van der Waals surface area contributed by atoms with Crippen LogP contribution < -0.4 is 5.56 Å². The van der Waals surface area contributed by atoms with Gasteiger partial charge in [-0.2, -0.15) is 0 Å². The monoisotopic (exact) mass is 377 g/mol. The maximum Gasteiger partial charge on any atom is 0.255 e. The number of aryl methyl sites for hydroxylation is 1. The molecule has 2 N–H and O–H groups in total. The Balaban J connectivity index is 1.55. The van der Waals surface area contributed by atoms with E-state index in [9.17, 15) is 14.7 Å². The number of likely N-dealkylation sites (tertiary alicyclic amines) is 1. The highest BCUT2D eigenvalue weighted by molar-refractivity contribution is 5.95. The van der Waals surface area contributed by atoms with Gasteiger partial charge in [0.25, 0.3) is 5.91 Å². The lowest BCUT2D eigenvalue weighted by molar-refractivity contribution is 0.0763. The van der Waals surface area contributed by atoms with Gasteiger partial charge in [0.2, 0.25) is 5.56 Å². The fraction of sp³-hybridized carbons (Fsp3) is 0.318. The van der Waals surface area contributed by atoms with E-state index in [0.717, 1.165) is 16.5 Å². The Hall–Kier alpha value is -2.99. The number of nitrogens with one attached hydrogen (secondary N) is 1. The first kappa shape index (κ1) is 18.4. The number of rotatable bonds is 4. The molecule has 28 heavy (non-hydrogen) atoms. The fourth-order valence-electron chi connectivity index (χ4n) is 4.00. The molecule has 1 amide bonds. The third-order valence-corrected chi connectivity index (χ3v) is 5.50. The minimum Gasteiger partial charge on any atom is -0.391 e. The molecule has 144 valence electrons. The zero-order valence-electron chi connectivity index (χ0n) is 15.8. The quantitative estimate of drug-likeness (QED) is 0.730. The molecule has 1 aromatic carbocycles. The second-order valence-corrected chi connectivity index (χ2v) is 7.30. The minimum absolute atomic E-state index is 0.0393. The number of fused-ring (bicyclic) bond motifs is 1. The molecule has 0 saturated carbocycles. The van der Waals surface area contributed by atoms with Crippen molar-refractivity contribution in [3.05, 3.63) is 75.8 Å². The van der Waals surface area contributed by atoms with Gasteiger partial charge in [0, 0.05) is 42.4 Å². The fourth-order valence-corrected chi connectivity index (χ4v) is 4.00. The number of carbonyl (C=O) groups is 1. The largest absolute Gasteiger partial charge is 0.391 e. The molecule has 4 rings (SSSR count). The van der Waals surface area contributed by atoms with E-state index >= 15 is 0 Å². The molecular weight excluding hydrogens is 354 g/mol. The lowest BCUT2D eigenvalue weighted by Gasteiger charge is -2.18. The number of pyridine rings is 2. The van der Waals surface area contributed by atoms with Crippen molar-refractivity contribution in [3.8, 4) is 0 Å². The summed E-state index contributed by atoms with van der Waals surface area (Å²) in [6.07, 6.45) is 2.46. The van der Waals surface area contributed by atoms with Gasteiger partial charge in [-0.3, -0.25) is 14.6 Å². The molecule has 3 heterocycles. The van der Waals surface area contributed by atoms with Crippen molar-refractivity contribution < 1.29 is 9.90 Å². The van der Waals surface area contributed by atoms with Crippen LogP contribution in [-0.2, 0) is 12.8 Å². The second-order valence-electron chi connectivity index (χ2n) is 7.30. The van der Waals surface area contributed by atoms with E-state index in [1.54, 1.807) is 17.2 Å². The summed E-state index contributed by atoms with van der Waals surface area (Å²) >= 11 is 0. The zero-order valence-corrected chi connectivity index (χ0v) is 15.8. The second kappa shape index (κ2) is 7.56. The number of aromatic amines is 1. The van der Waals surface area contributed by atoms with Gasteiger partial charge in [-0.15, -0.1) is 0 Å². The van der Waals surface area contributed by atoms with Crippen molar-refractivity contribution in [2.24, 2.45) is 5.92 Å². The number of nitrogens with zero attached hydrogens (tertiary/aromatic N) is 2. The lowest BCUT2D eigenvalue weighted by atomic mass is 9.94. The number of H-pyrrole nitrogens is 1. The predicted octanol–water partition coefficient (Wildman–Crippen LogP) is 2.16. The topological polar surface area (TPSA) is 86.3 Å². The van der Waals surface area contributed by atoms with E-state index in [0.29, 0.717) is 37.2 Å². The van der Waals surface area contributed by atoms with Crippen LogP contribution in [0, 0.1) is 5.92 Å². The van der Waals surface area contributed by atoms with Gasteiger partial charge in [0.15, 0.2) is 0 Å². The Labute approximate surface area is 162 Å². The Morgan fingerprint density at radius 3 is 2.86 bits per heavy atom. The molecule has 6 nitrogen and oxygen atoms in total. The molecule has 1 aliphatic rings. The first-order chi connectivity index (χ1) is 13.6. The van der Waals surface area contributed by atoms with E-state index in [2.05, 4.69) is 9.97 Å². The summed E-state index contributed by atoms with van der Waals surface area (Å²) in [5, 5.41) is 11.7. The van der Waals surface area contributed by atoms with E-state index in [1.165, 1.54) is 6.07 Å². The molecule has 0 aliphatic carbocycles. The van der Waals surface area contributed by atoms with Gasteiger partial charge in [0.05, 0.1) is 17.2 Å². The summed E-state index contributed by atoms with van der Waals surface area (Å²) in [7, 11) is 0. The molecule has 6 heteroatoms. The number of β-amino-alcohol motifs (C(OH)–C–C–N with tert-alkyl or cyclic N) is 1. The molecule has 1 aliphatic heterocycles. The van der Waals surface area contributed by atoms with Crippen molar-refractivity contribution in [2.75, 3.05) is 13.1 Å². The summed E-state index contributed by atoms with van der Waals surface area (Å²) < 4.78 is 0. The summed E-state index contributed by atoms with van der Waals surface area (Å²) in [6.45, 7) is 2.69. The summed E-state index contributed by atoms with van der Waals surface area (Å²) in [6, 6.07) is 12.9. The zero-order chi connectivity index (χ0) is 19.7. The Bertz CT molecular complexity index is 1070. The number of hydrogen-bond donors (Lipinski definition) is 2. The molecule has 0 unspecified atom stereocenters. The van der Waals surface area contributed by atoms with Crippen LogP contribution in [0.3, 0.4) is 0 Å². The van der Waals surface area contributed by atoms with Crippen LogP contribution in [0.5, 0.6) is 0 Å². The molecule has 1 fully saturated rings. The minimum atomic E-state index is -0.580. The number of amides is 1. The van der Waals surface area contributed by atoms with Crippen LogP contribution in [-0.4, -0.2) is 45.1 Å². The van der Waals surface area contributed by atoms with Gasteiger partial charge in [0.1, 0.15) is 0 Å². The van der Waals surface area contributed by atoms with Gasteiger partial charge in [-0.1, -0.05) is 25.1 Å². The number of hydrogen-bond acceptors (Lipinski definition) is 4. The Morgan fingerprint density at radius 1 is 1.21 bits per heavy atom. The van der Waals surface area contributed by atoms with E-state index in [1.807, 2.05) is 37.3 Å². The number of para-hydroxylation sites is 1. The maximum absolute atomic E-state index is 13.0. The summed E-state index contributed by atoms with van der Waals surface area (Å²) in [5.41, 5.74) is 2.99. The molecule has 1 saturated heterocycles. The van der Waals surface area contributed by atoms with Crippen molar-refractivity contribution in [2.45, 2.75) is 25.9 Å². The first-order valence-corrected chi connectivity index (χ1v) is 9.59. The lowest BCUT2D eigenvalue weighted by Crippen LogP contribution is -2.31. The maximum atomic E-state index is 13.0. The third-order valence-electron chi connectivity index (χ3n) is 5.50. The average Bonchev–Trinajstić information content (AvgIpc) is 3.08. The van der Waals surface area contributed by atoms with Crippen LogP contribution in [0.2, 0.25) is 0 Å². The SMILES string of the molecule is CCc1[nH]c(=O)ccc1C(=O)N1C[C@@H](Cc2ccnc3ccccc23)[C@@H](O)C1. The Kier molecular flexibility index (Phi) is 4.96. The van der Waals surface area contributed by atoms with Crippen molar-refractivity contribution in [3.63, 3.8) is 0 Å². The summed E-state index contributed by atoms with van der Waals surface area (Å²) in [4.78, 5) is 33.3. The van der Waals surface area contributed by atoms with E-state index in [-0.39, 0.29) is 17.4 Å². The normalized spacial score (nSPS) is 19.3. The average molecular weight is 377 g/mol. The highest BCUT2D eigenvalue weighted by Gasteiger charge is 2.35. The molecule has 0 spiro atoms. The third kappa shape index (κ3) is 3.43. The molecule has 2 aromatic heterocycles. The van der Waals surface area contributed by atoms with Crippen LogP contribution in [0.15, 0.2) is 53.5 Å². The van der Waals surface area contributed by atoms with Crippen LogP contribution in [0.25, 0.3) is 10.9 Å². The van der Waals surface area contributed by atoms with Crippen molar-refractivity contribution in [1.29, 1.82) is 0 Å². The van der Waals surface area contributed by atoms with Crippen LogP contribution >= 0.6 is 0 Å². The number of aromatic nitrogens is 2. The number of aliphatic hydroxyl groups is 1. The van der Waals surface area contributed by atoms with Crippen LogP contribution in [0.4, 0.5) is 0 Å². The molecule has 0 radical (unpaired) electrons. The number of benzene rings is 1. The van der Waals surface area contributed by atoms with Gasteiger partial charge < -0.3 is 15.0 Å². The first-order valence-electron chi connectivity index (χ1n) is 9.59. The summed E-state index contributed by atoms with van der Waals surface area (Å²) in [5.74, 6) is -0.183. The van der Waals surface area contributed by atoms with Crippen LogP contribution in [0.1, 0.15) is 28.5 Å². The van der Waals surface area contributed by atoms with Crippen molar-refractivity contribution >= 4 is 16.8 Å². The standard InChI is InChI=1S/C22H23N3O3/c1-2-18-17(7-8-21(27)24-18)22(28)25-12-15(20(26)13-25)11-14-9-10-23-19-6-4-3-5-16(14)19/h3-10,15,20,26H,2,11-13H2,1H3,(H,24,27)/t15-,20+/m1/s1. The van der Waals surface area contributed by atoms with Gasteiger partial charge >= 0.3 is 0 Å². The molecular formula is C22H23N3O3. The smallest absolute Gasteiger partial charge is 0.255 e. The van der Waals surface area contributed by atoms with Crippen molar-refractivity contribution in [1.82, 2.24) is 14.9 Å². The molecule has 2 atom stereocenters. The van der Waals surface area contributed by atoms with E-state index in [4.69, 9.17) is 0 Å². The predicted molar refractivity (Wildman–Crippen MR) is 107 cm³/mol. The highest BCUT2D eigenvalue weighted by Crippen LogP contribution is 2.26.